The maximum Gasteiger partial charge on any atom is 0.254 e. The number of carbonyl (C=O) groups excluding carboxylic acids is 2. The van der Waals surface area contributed by atoms with E-state index in [-0.39, 0.29) is 42.7 Å². The van der Waals surface area contributed by atoms with Gasteiger partial charge in [0.1, 0.15) is 17.6 Å². The van der Waals surface area contributed by atoms with Crippen molar-refractivity contribution in [3.63, 3.8) is 0 Å². The molecule has 0 spiro atoms. The van der Waals surface area contributed by atoms with Crippen LogP contribution in [0.5, 0.6) is 0 Å². The average Bonchev–Trinajstić information content (AvgIpc) is 3.27. The van der Waals surface area contributed by atoms with E-state index >= 15 is 0 Å². The third-order valence-electron chi connectivity index (χ3n) is 6.28. The van der Waals surface area contributed by atoms with Gasteiger partial charge in [-0.15, -0.1) is 0 Å². The van der Waals surface area contributed by atoms with Gasteiger partial charge >= 0.3 is 0 Å². The predicted molar refractivity (Wildman–Crippen MR) is 117 cm³/mol. The minimum atomic E-state index is -1.12. The highest BCUT2D eigenvalue weighted by atomic mass is 35.5. The molecule has 2 aliphatic rings. The summed E-state index contributed by atoms with van der Waals surface area (Å²) >= 11 is 6.32. The molecule has 1 aliphatic carbocycles. The first kappa shape index (κ1) is 21.4. The number of nitrogens with two attached hydrogens (primary N) is 2. The Balaban J connectivity index is 1.65. The summed E-state index contributed by atoms with van der Waals surface area (Å²) in [5.74, 6) is -0.885. The molecule has 9 heteroatoms. The highest BCUT2D eigenvalue weighted by Gasteiger charge is 2.36. The smallest absolute Gasteiger partial charge is 0.254 e. The lowest BCUT2D eigenvalue weighted by molar-refractivity contribution is -0.127. The van der Waals surface area contributed by atoms with Crippen LogP contribution in [-0.2, 0) is 24.2 Å². The average molecular weight is 446 g/mol. The Morgan fingerprint density at radius 1 is 1.39 bits per heavy atom. The number of carbonyl (C=O) groups is 2. The van der Waals surface area contributed by atoms with Crippen molar-refractivity contribution in [1.29, 1.82) is 0 Å². The van der Waals surface area contributed by atoms with E-state index in [1.807, 2.05) is 18.2 Å². The standard InChI is InChI=1S/C22H25ClFN5O2/c1-2-18(30)28-10-14(24)9-15(28)11-29-21(25)19(22(26)31)20(27-29)13-6-7-16-12(8-13)4-3-5-17(16)23/h2-5,13-15H,1,6-11,25H2,(H2,26,31)/t13?,14-,15+/m1/s1. The number of halogens is 2. The second kappa shape index (κ2) is 8.34. The molecule has 31 heavy (non-hydrogen) atoms. The number of amides is 2. The van der Waals surface area contributed by atoms with Gasteiger partial charge in [0.15, 0.2) is 0 Å². The molecule has 3 atom stereocenters. The Kier molecular flexibility index (Phi) is 5.75. The van der Waals surface area contributed by atoms with Gasteiger partial charge in [0, 0.05) is 17.4 Å². The first-order valence-electron chi connectivity index (χ1n) is 10.3. The molecular formula is C22H25ClFN5O2. The second-order valence-corrected chi connectivity index (χ2v) is 8.60. The fourth-order valence-corrected chi connectivity index (χ4v) is 5.07. The van der Waals surface area contributed by atoms with Gasteiger partial charge in [-0.2, -0.15) is 5.10 Å². The van der Waals surface area contributed by atoms with Gasteiger partial charge in [-0.3, -0.25) is 9.59 Å². The van der Waals surface area contributed by atoms with Crippen molar-refractivity contribution >= 4 is 29.2 Å². The van der Waals surface area contributed by atoms with Crippen LogP contribution in [-0.4, -0.2) is 45.3 Å². The van der Waals surface area contributed by atoms with E-state index in [9.17, 15) is 14.0 Å². The Bertz CT molecular complexity index is 1050. The van der Waals surface area contributed by atoms with Gasteiger partial charge in [0.05, 0.1) is 24.8 Å². The molecule has 0 saturated carbocycles. The van der Waals surface area contributed by atoms with Crippen LogP contribution in [0.3, 0.4) is 0 Å². The van der Waals surface area contributed by atoms with E-state index in [0.717, 1.165) is 29.0 Å². The molecular weight excluding hydrogens is 421 g/mol. The maximum absolute atomic E-state index is 14.0. The van der Waals surface area contributed by atoms with E-state index in [1.54, 1.807) is 0 Å². The van der Waals surface area contributed by atoms with Crippen molar-refractivity contribution in [2.75, 3.05) is 12.3 Å². The highest BCUT2D eigenvalue weighted by molar-refractivity contribution is 6.31. The summed E-state index contributed by atoms with van der Waals surface area (Å²) in [7, 11) is 0. The second-order valence-electron chi connectivity index (χ2n) is 8.19. The van der Waals surface area contributed by atoms with Crippen LogP contribution in [0, 0.1) is 0 Å². The molecule has 1 saturated heterocycles. The fraction of sp³-hybridized carbons (Fsp3) is 0.409. The Morgan fingerprint density at radius 2 is 2.16 bits per heavy atom. The summed E-state index contributed by atoms with van der Waals surface area (Å²) in [6.45, 7) is 3.67. The molecule has 4 N–H and O–H groups in total. The molecule has 2 amide bonds. The minimum absolute atomic E-state index is 0.00634. The molecule has 2 aromatic rings. The van der Waals surface area contributed by atoms with E-state index in [1.165, 1.54) is 15.7 Å². The van der Waals surface area contributed by atoms with Gasteiger partial charge in [-0.1, -0.05) is 30.3 Å². The maximum atomic E-state index is 14.0. The lowest BCUT2D eigenvalue weighted by Crippen LogP contribution is -2.37. The van der Waals surface area contributed by atoms with Crippen molar-refractivity contribution in [3.8, 4) is 0 Å². The van der Waals surface area contributed by atoms with E-state index in [4.69, 9.17) is 23.1 Å². The number of rotatable bonds is 5. The zero-order valence-corrected chi connectivity index (χ0v) is 17.8. The number of primary amides is 1. The fourth-order valence-electron chi connectivity index (χ4n) is 4.78. The minimum Gasteiger partial charge on any atom is -0.383 e. The first-order chi connectivity index (χ1) is 14.8. The van der Waals surface area contributed by atoms with Crippen LogP contribution in [0.1, 0.15) is 45.9 Å². The van der Waals surface area contributed by atoms with Gasteiger partial charge in [0.25, 0.3) is 5.91 Å². The van der Waals surface area contributed by atoms with Crippen LogP contribution in [0.2, 0.25) is 5.02 Å². The van der Waals surface area contributed by atoms with Crippen molar-refractivity contribution in [3.05, 3.63) is 58.3 Å². The summed E-state index contributed by atoms with van der Waals surface area (Å²) in [4.78, 5) is 25.8. The summed E-state index contributed by atoms with van der Waals surface area (Å²) in [6, 6.07) is 5.38. The van der Waals surface area contributed by atoms with Crippen molar-refractivity contribution in [2.24, 2.45) is 5.73 Å². The number of anilines is 1. The number of alkyl halides is 1. The quantitative estimate of drug-likeness (QED) is 0.689. The number of hydrogen-bond acceptors (Lipinski definition) is 4. The molecule has 7 nitrogen and oxygen atoms in total. The van der Waals surface area contributed by atoms with Gasteiger partial charge in [0.2, 0.25) is 5.91 Å². The number of aromatic nitrogens is 2. The van der Waals surface area contributed by atoms with E-state index in [2.05, 4.69) is 11.7 Å². The largest absolute Gasteiger partial charge is 0.383 e. The molecule has 1 unspecified atom stereocenters. The Labute approximate surface area is 184 Å². The zero-order valence-electron chi connectivity index (χ0n) is 17.1. The van der Waals surface area contributed by atoms with Gasteiger partial charge < -0.3 is 16.4 Å². The van der Waals surface area contributed by atoms with Crippen LogP contribution in [0.4, 0.5) is 10.2 Å². The third kappa shape index (κ3) is 3.92. The number of nitrogens with zero attached hydrogens (tertiary/aromatic N) is 3. The monoisotopic (exact) mass is 445 g/mol. The Hall–Kier alpha value is -2.87. The molecule has 1 aliphatic heterocycles. The molecule has 1 aromatic heterocycles. The van der Waals surface area contributed by atoms with Crippen LogP contribution >= 0.6 is 11.6 Å². The lowest BCUT2D eigenvalue weighted by Gasteiger charge is -2.25. The zero-order chi connectivity index (χ0) is 22.3. The normalized spacial score (nSPS) is 22.9. The summed E-state index contributed by atoms with van der Waals surface area (Å²) in [5.41, 5.74) is 14.9. The van der Waals surface area contributed by atoms with Crippen molar-refractivity contribution < 1.29 is 14.0 Å². The number of fused-ring (bicyclic) bond motifs is 1. The van der Waals surface area contributed by atoms with Crippen molar-refractivity contribution in [2.45, 2.75) is 50.4 Å². The van der Waals surface area contributed by atoms with Gasteiger partial charge in [-0.05, 0) is 42.5 Å². The van der Waals surface area contributed by atoms with Crippen LogP contribution < -0.4 is 11.5 Å². The molecule has 0 radical (unpaired) electrons. The molecule has 1 fully saturated rings. The summed E-state index contributed by atoms with van der Waals surface area (Å²) in [6.07, 6.45) is 2.41. The summed E-state index contributed by atoms with van der Waals surface area (Å²) < 4.78 is 15.5. The Morgan fingerprint density at radius 3 is 2.87 bits per heavy atom. The number of benzene rings is 1. The molecule has 164 valence electrons. The number of likely N-dealkylation sites (tertiary alicyclic amines) is 1. The summed E-state index contributed by atoms with van der Waals surface area (Å²) in [5, 5.41) is 5.37. The SMILES string of the molecule is C=CC(=O)N1C[C@H](F)C[C@H]1Cn1nc(C2CCc3c(Cl)cccc3C2)c(C(N)=O)c1N. The molecule has 4 rings (SSSR count). The van der Waals surface area contributed by atoms with Crippen LogP contribution in [0.25, 0.3) is 0 Å². The predicted octanol–water partition coefficient (Wildman–Crippen LogP) is 2.62. The van der Waals surface area contributed by atoms with E-state index in [0.29, 0.717) is 12.1 Å². The lowest BCUT2D eigenvalue weighted by atomic mass is 9.81. The highest BCUT2D eigenvalue weighted by Crippen LogP contribution is 2.37. The third-order valence-corrected chi connectivity index (χ3v) is 6.64. The number of hydrogen-bond donors (Lipinski definition) is 2. The van der Waals surface area contributed by atoms with Gasteiger partial charge in [-0.25, -0.2) is 9.07 Å². The first-order valence-corrected chi connectivity index (χ1v) is 10.7. The molecule has 0 bridgehead atoms. The number of nitrogen functional groups attached to an aromatic ring is 1. The van der Waals surface area contributed by atoms with Crippen molar-refractivity contribution in [1.82, 2.24) is 14.7 Å². The van der Waals surface area contributed by atoms with Crippen LogP contribution in [0.15, 0.2) is 30.9 Å². The molecule has 2 heterocycles. The van der Waals surface area contributed by atoms with E-state index < -0.39 is 18.1 Å². The molecule has 1 aromatic carbocycles. The topological polar surface area (TPSA) is 107 Å².